The summed E-state index contributed by atoms with van der Waals surface area (Å²) in [6, 6.07) is 2.47. The molecular weight excluding hydrogens is 203 g/mol. The van der Waals surface area contributed by atoms with Gasteiger partial charge in [0.2, 0.25) is 0 Å². The summed E-state index contributed by atoms with van der Waals surface area (Å²) in [6.07, 6.45) is -3.07. The van der Waals surface area contributed by atoms with E-state index < -0.39 is 11.9 Å². The molecule has 0 saturated carbocycles. The van der Waals surface area contributed by atoms with Crippen molar-refractivity contribution in [3.05, 3.63) is 29.6 Å². The Bertz CT molecular complexity index is 275. The molecule has 0 aliphatic rings. The Hall–Kier alpha value is -1.06. The van der Waals surface area contributed by atoms with Crippen LogP contribution in [0.4, 0.5) is 13.2 Å². The van der Waals surface area contributed by atoms with E-state index in [9.17, 15) is 13.2 Å². The fourth-order valence-corrected chi connectivity index (χ4v) is 0.915. The topological polar surface area (TPSA) is 12.9 Å². The van der Waals surface area contributed by atoms with Crippen molar-refractivity contribution in [2.24, 2.45) is 0 Å². The molecule has 0 amide bonds. The zero-order valence-corrected chi connectivity index (χ0v) is 9.39. The minimum atomic E-state index is -4.34. The smallest absolute Gasteiger partial charge is 0.251 e. The Morgan fingerprint density at radius 1 is 1.13 bits per heavy atom. The van der Waals surface area contributed by atoms with Crippen LogP contribution in [0, 0.1) is 0 Å². The molecule has 86 valence electrons. The first-order valence-electron chi connectivity index (χ1n) is 4.94. The molecule has 4 heteroatoms. The lowest BCUT2D eigenvalue weighted by atomic mass is 10.1. The number of hydrogen-bond donors (Lipinski definition) is 0. The first-order valence-corrected chi connectivity index (χ1v) is 4.94. The van der Waals surface area contributed by atoms with Gasteiger partial charge in [-0.3, -0.25) is 4.98 Å². The quantitative estimate of drug-likeness (QED) is 0.688. The van der Waals surface area contributed by atoms with Crippen LogP contribution >= 0.6 is 0 Å². The van der Waals surface area contributed by atoms with Gasteiger partial charge in [0.1, 0.15) is 5.69 Å². The number of halogens is 3. The second-order valence-electron chi connectivity index (χ2n) is 3.13. The summed E-state index contributed by atoms with van der Waals surface area (Å²) in [4.78, 5) is 3.35. The van der Waals surface area contributed by atoms with Gasteiger partial charge in [-0.2, -0.15) is 13.2 Å². The van der Waals surface area contributed by atoms with E-state index in [0.29, 0.717) is 0 Å². The van der Waals surface area contributed by atoms with Gasteiger partial charge in [-0.05, 0) is 17.5 Å². The molecule has 0 aliphatic carbocycles. The summed E-state index contributed by atoms with van der Waals surface area (Å²) in [5, 5.41) is 0. The van der Waals surface area contributed by atoms with Crippen molar-refractivity contribution < 1.29 is 13.2 Å². The average molecular weight is 219 g/mol. The highest BCUT2D eigenvalue weighted by Crippen LogP contribution is 2.27. The molecule has 1 nitrogen and oxygen atoms in total. The predicted octanol–water partition coefficient (Wildman–Crippen LogP) is 4.25. The second-order valence-corrected chi connectivity index (χ2v) is 3.13. The summed E-state index contributed by atoms with van der Waals surface area (Å²) >= 11 is 0. The molecule has 0 bridgehead atoms. The molecule has 0 spiro atoms. The summed E-state index contributed by atoms with van der Waals surface area (Å²) in [5.41, 5.74) is -0.0232. The summed E-state index contributed by atoms with van der Waals surface area (Å²) in [6.45, 7) is 7.81. The first kappa shape index (κ1) is 13.9. The van der Waals surface area contributed by atoms with E-state index >= 15 is 0 Å². The number of aromatic nitrogens is 1. The fraction of sp³-hybridized carbons (Fsp3) is 0.545. The standard InChI is InChI=1S/C9H10F3N.C2H6/c1-6(2)7-3-4-8(13-5-7)9(10,11)12;1-2/h3-6H,1-2H3;1-2H3. The molecule has 0 radical (unpaired) electrons. The molecule has 0 atom stereocenters. The Kier molecular flexibility index (Phi) is 5.33. The maximum atomic E-state index is 12.1. The summed E-state index contributed by atoms with van der Waals surface area (Å²) in [5.74, 6) is 0.204. The maximum absolute atomic E-state index is 12.1. The first-order chi connectivity index (χ1) is 6.91. The lowest BCUT2D eigenvalue weighted by molar-refractivity contribution is -0.141. The molecule has 0 aromatic carbocycles. The normalized spacial score (nSPS) is 10.9. The molecular formula is C11H16F3N. The third-order valence-corrected chi connectivity index (χ3v) is 1.74. The Morgan fingerprint density at radius 2 is 1.67 bits per heavy atom. The second kappa shape index (κ2) is 5.73. The molecule has 0 fully saturated rings. The Balaban J connectivity index is 0.000000921. The van der Waals surface area contributed by atoms with Crippen molar-refractivity contribution in [1.82, 2.24) is 4.98 Å². The van der Waals surface area contributed by atoms with Crippen molar-refractivity contribution in [1.29, 1.82) is 0 Å². The van der Waals surface area contributed by atoms with Crippen LogP contribution in [-0.2, 0) is 6.18 Å². The van der Waals surface area contributed by atoms with E-state index in [1.807, 2.05) is 27.7 Å². The molecule has 1 aromatic heterocycles. The number of rotatable bonds is 1. The van der Waals surface area contributed by atoms with Gasteiger partial charge in [0.05, 0.1) is 0 Å². The van der Waals surface area contributed by atoms with Crippen LogP contribution in [0.2, 0.25) is 0 Å². The van der Waals surface area contributed by atoms with Crippen molar-refractivity contribution in [2.45, 2.75) is 39.8 Å². The number of pyridine rings is 1. The molecule has 0 unspecified atom stereocenters. The van der Waals surface area contributed by atoms with E-state index in [4.69, 9.17) is 0 Å². The van der Waals surface area contributed by atoms with Crippen molar-refractivity contribution in [3.8, 4) is 0 Å². The molecule has 1 aromatic rings. The van der Waals surface area contributed by atoms with E-state index in [1.54, 1.807) is 0 Å². The Labute approximate surface area is 88.3 Å². The molecule has 0 N–H and O–H groups in total. The highest BCUT2D eigenvalue weighted by Gasteiger charge is 2.31. The highest BCUT2D eigenvalue weighted by atomic mass is 19.4. The fourth-order valence-electron chi connectivity index (χ4n) is 0.915. The SMILES string of the molecule is CC.CC(C)c1ccc(C(F)(F)F)nc1. The van der Waals surface area contributed by atoms with E-state index in [1.165, 1.54) is 12.3 Å². The number of hydrogen-bond acceptors (Lipinski definition) is 1. The highest BCUT2D eigenvalue weighted by molar-refractivity contribution is 5.18. The number of alkyl halides is 3. The van der Waals surface area contributed by atoms with Gasteiger partial charge >= 0.3 is 6.18 Å². The van der Waals surface area contributed by atoms with Gasteiger partial charge in [-0.25, -0.2) is 0 Å². The van der Waals surface area contributed by atoms with Gasteiger partial charge in [0.15, 0.2) is 0 Å². The summed E-state index contributed by atoms with van der Waals surface area (Å²) < 4.78 is 36.2. The lowest BCUT2D eigenvalue weighted by Crippen LogP contribution is -2.07. The van der Waals surface area contributed by atoms with Gasteiger partial charge in [0.25, 0.3) is 0 Å². The van der Waals surface area contributed by atoms with E-state index in [-0.39, 0.29) is 5.92 Å². The van der Waals surface area contributed by atoms with Crippen LogP contribution in [0.1, 0.15) is 44.9 Å². The minimum Gasteiger partial charge on any atom is -0.251 e. The minimum absolute atomic E-state index is 0.204. The lowest BCUT2D eigenvalue weighted by Gasteiger charge is -2.07. The summed E-state index contributed by atoms with van der Waals surface area (Å²) in [7, 11) is 0. The predicted molar refractivity (Wildman–Crippen MR) is 54.7 cm³/mol. The van der Waals surface area contributed by atoms with E-state index in [2.05, 4.69) is 4.98 Å². The van der Waals surface area contributed by atoms with Crippen LogP contribution in [0.15, 0.2) is 18.3 Å². The Morgan fingerprint density at radius 3 is 1.93 bits per heavy atom. The van der Waals surface area contributed by atoms with Gasteiger partial charge in [-0.15, -0.1) is 0 Å². The van der Waals surface area contributed by atoms with Crippen LogP contribution in [0.3, 0.4) is 0 Å². The molecule has 0 saturated heterocycles. The monoisotopic (exact) mass is 219 g/mol. The van der Waals surface area contributed by atoms with Crippen LogP contribution in [0.5, 0.6) is 0 Å². The van der Waals surface area contributed by atoms with Gasteiger partial charge < -0.3 is 0 Å². The molecule has 1 heterocycles. The third-order valence-electron chi connectivity index (χ3n) is 1.74. The average Bonchev–Trinajstić information content (AvgIpc) is 2.20. The third kappa shape index (κ3) is 4.32. The molecule has 15 heavy (non-hydrogen) atoms. The van der Waals surface area contributed by atoms with Gasteiger partial charge in [-0.1, -0.05) is 33.8 Å². The largest absolute Gasteiger partial charge is 0.433 e. The zero-order valence-electron chi connectivity index (χ0n) is 9.39. The zero-order chi connectivity index (χ0) is 12.1. The number of nitrogens with zero attached hydrogens (tertiary/aromatic N) is 1. The van der Waals surface area contributed by atoms with Crippen molar-refractivity contribution in [2.75, 3.05) is 0 Å². The maximum Gasteiger partial charge on any atom is 0.433 e. The molecule has 0 aliphatic heterocycles. The van der Waals surface area contributed by atoms with Crippen molar-refractivity contribution >= 4 is 0 Å². The van der Waals surface area contributed by atoms with Crippen LogP contribution in [-0.4, -0.2) is 4.98 Å². The van der Waals surface area contributed by atoms with Crippen molar-refractivity contribution in [3.63, 3.8) is 0 Å². The van der Waals surface area contributed by atoms with Gasteiger partial charge in [0, 0.05) is 6.20 Å². The molecule has 1 rings (SSSR count). The van der Waals surface area contributed by atoms with E-state index in [0.717, 1.165) is 11.6 Å². The van der Waals surface area contributed by atoms with Crippen LogP contribution in [0.25, 0.3) is 0 Å². The van der Waals surface area contributed by atoms with Crippen LogP contribution < -0.4 is 0 Å².